The van der Waals surface area contributed by atoms with Gasteiger partial charge in [0, 0.05) is 5.02 Å². The van der Waals surface area contributed by atoms with Gasteiger partial charge in [-0.1, -0.05) is 23.7 Å². The zero-order chi connectivity index (χ0) is 20.5. The quantitative estimate of drug-likeness (QED) is 0.634. The van der Waals surface area contributed by atoms with E-state index >= 15 is 0 Å². The number of hydrogen-bond donors (Lipinski definition) is 1. The first kappa shape index (κ1) is 19.9. The number of hydrogen-bond acceptors (Lipinski definition) is 2. The largest absolute Gasteiger partial charge is 0.416 e. The number of benzene rings is 2. The van der Waals surface area contributed by atoms with Crippen LogP contribution in [0.25, 0.3) is 5.69 Å². The maximum Gasteiger partial charge on any atom is 0.416 e. The lowest BCUT2D eigenvalue weighted by molar-refractivity contribution is -0.137. The van der Waals surface area contributed by atoms with Crippen molar-refractivity contribution in [3.63, 3.8) is 0 Å². The van der Waals surface area contributed by atoms with Crippen LogP contribution >= 0.6 is 11.6 Å². The van der Waals surface area contributed by atoms with Crippen LogP contribution in [-0.2, 0) is 6.18 Å². The molecule has 0 aliphatic heterocycles. The minimum atomic E-state index is -4.43. The van der Waals surface area contributed by atoms with Gasteiger partial charge in [-0.2, -0.15) is 18.3 Å². The average molecular weight is 408 g/mol. The highest BCUT2D eigenvalue weighted by Gasteiger charge is 2.30. The van der Waals surface area contributed by atoms with Gasteiger partial charge in [-0.15, -0.1) is 0 Å². The van der Waals surface area contributed by atoms with Gasteiger partial charge in [-0.25, -0.2) is 4.68 Å². The predicted molar refractivity (Wildman–Crippen MR) is 101 cm³/mol. The Morgan fingerprint density at radius 1 is 1.18 bits per heavy atom. The fourth-order valence-electron chi connectivity index (χ4n) is 2.82. The molecule has 0 saturated heterocycles. The zero-order valence-electron chi connectivity index (χ0n) is 15.1. The molecule has 146 valence electrons. The van der Waals surface area contributed by atoms with E-state index in [0.717, 1.165) is 17.8 Å². The van der Waals surface area contributed by atoms with Crippen LogP contribution < -0.4 is 5.32 Å². The number of nitrogens with zero attached hydrogens (tertiary/aromatic N) is 2. The van der Waals surface area contributed by atoms with Crippen molar-refractivity contribution in [2.45, 2.75) is 26.1 Å². The van der Waals surface area contributed by atoms with Gasteiger partial charge in [-0.3, -0.25) is 4.79 Å². The summed E-state index contributed by atoms with van der Waals surface area (Å²) in [5.74, 6) is -0.414. The second-order valence-corrected chi connectivity index (χ2v) is 6.79. The minimum absolute atomic E-state index is 0.341. The van der Waals surface area contributed by atoms with Gasteiger partial charge >= 0.3 is 6.18 Å². The molecule has 0 aliphatic rings. The summed E-state index contributed by atoms with van der Waals surface area (Å²) >= 11 is 5.89. The van der Waals surface area contributed by atoms with E-state index in [-0.39, 0.29) is 0 Å². The summed E-state index contributed by atoms with van der Waals surface area (Å²) in [6, 6.07) is 11.3. The second kappa shape index (κ2) is 7.67. The third-order valence-electron chi connectivity index (χ3n) is 4.39. The molecule has 1 atom stereocenters. The summed E-state index contributed by atoms with van der Waals surface area (Å²) in [5, 5.41) is 7.54. The normalized spacial score (nSPS) is 12.6. The van der Waals surface area contributed by atoms with Crippen molar-refractivity contribution in [3.05, 3.63) is 82.1 Å². The summed E-state index contributed by atoms with van der Waals surface area (Å²) in [5.41, 5.74) is 1.31. The molecule has 1 heterocycles. The van der Waals surface area contributed by atoms with Crippen LogP contribution in [0.2, 0.25) is 5.02 Å². The minimum Gasteiger partial charge on any atom is -0.345 e. The van der Waals surface area contributed by atoms with Crippen LogP contribution in [0.15, 0.2) is 54.7 Å². The molecule has 0 radical (unpaired) electrons. The Hall–Kier alpha value is -2.80. The fourth-order valence-corrected chi connectivity index (χ4v) is 2.94. The Balaban J connectivity index is 1.79. The Kier molecular flexibility index (Phi) is 5.47. The number of carbonyl (C=O) groups excluding carboxylic acids is 1. The molecule has 1 N–H and O–H groups in total. The van der Waals surface area contributed by atoms with E-state index in [2.05, 4.69) is 10.4 Å². The molecule has 0 unspecified atom stereocenters. The molecule has 0 fully saturated rings. The van der Waals surface area contributed by atoms with E-state index in [1.807, 2.05) is 0 Å². The van der Waals surface area contributed by atoms with Gasteiger partial charge in [-0.05, 0) is 55.8 Å². The van der Waals surface area contributed by atoms with Gasteiger partial charge in [0.1, 0.15) is 0 Å². The summed E-state index contributed by atoms with van der Waals surface area (Å²) in [7, 11) is 0. The highest BCUT2D eigenvalue weighted by Crippen LogP contribution is 2.30. The third-order valence-corrected chi connectivity index (χ3v) is 4.64. The molecule has 3 aromatic rings. The number of rotatable bonds is 4. The van der Waals surface area contributed by atoms with E-state index in [4.69, 9.17) is 11.6 Å². The molecule has 0 bridgehead atoms. The van der Waals surface area contributed by atoms with Crippen molar-refractivity contribution in [2.24, 2.45) is 0 Å². The van der Waals surface area contributed by atoms with Gasteiger partial charge in [0.2, 0.25) is 0 Å². The molecule has 8 heteroatoms. The van der Waals surface area contributed by atoms with Crippen LogP contribution in [0.1, 0.15) is 40.1 Å². The van der Waals surface area contributed by atoms with Gasteiger partial charge in [0.05, 0.1) is 34.7 Å². The monoisotopic (exact) mass is 407 g/mol. The van der Waals surface area contributed by atoms with Crippen molar-refractivity contribution >= 4 is 17.5 Å². The first-order valence-corrected chi connectivity index (χ1v) is 8.83. The molecule has 2 aromatic carbocycles. The molecule has 0 saturated carbocycles. The summed E-state index contributed by atoms with van der Waals surface area (Å²) in [6.07, 6.45) is -3.01. The lowest BCUT2D eigenvalue weighted by atomic mass is 10.0. The van der Waals surface area contributed by atoms with Crippen molar-refractivity contribution in [1.29, 1.82) is 0 Å². The zero-order valence-corrected chi connectivity index (χ0v) is 15.8. The molecule has 3 rings (SSSR count). The Labute approximate surface area is 164 Å². The standard InChI is InChI=1S/C20H17ClF3N3O/c1-12(14-4-3-5-15(10-14)20(22,23)24)26-19(28)18-11-25-27(13(18)2)17-8-6-16(21)7-9-17/h3-12H,1-2H3,(H,26,28)/t12-/m0/s1. The highest BCUT2D eigenvalue weighted by atomic mass is 35.5. The van der Waals surface area contributed by atoms with Crippen molar-refractivity contribution < 1.29 is 18.0 Å². The molecule has 4 nitrogen and oxygen atoms in total. The first-order chi connectivity index (χ1) is 13.2. The van der Waals surface area contributed by atoms with Crippen LogP contribution in [0.4, 0.5) is 13.2 Å². The summed E-state index contributed by atoms with van der Waals surface area (Å²) in [6.45, 7) is 3.37. The Morgan fingerprint density at radius 2 is 1.86 bits per heavy atom. The summed E-state index contributed by atoms with van der Waals surface area (Å²) in [4.78, 5) is 12.6. The van der Waals surface area contributed by atoms with E-state index in [0.29, 0.717) is 21.8 Å². The highest BCUT2D eigenvalue weighted by molar-refractivity contribution is 6.30. The second-order valence-electron chi connectivity index (χ2n) is 6.35. The van der Waals surface area contributed by atoms with Crippen molar-refractivity contribution in [2.75, 3.05) is 0 Å². The molecule has 1 aromatic heterocycles. The molecule has 28 heavy (non-hydrogen) atoms. The SMILES string of the molecule is Cc1c(C(=O)N[C@@H](C)c2cccc(C(F)(F)F)c2)cnn1-c1ccc(Cl)cc1. The molecule has 0 spiro atoms. The van der Waals surface area contributed by atoms with E-state index in [1.54, 1.807) is 48.9 Å². The number of halogens is 4. The Morgan fingerprint density at radius 3 is 2.50 bits per heavy atom. The number of nitrogens with one attached hydrogen (secondary N) is 1. The van der Waals surface area contributed by atoms with Crippen LogP contribution in [-0.4, -0.2) is 15.7 Å². The Bertz CT molecular complexity index is 997. The number of aromatic nitrogens is 2. The van der Waals surface area contributed by atoms with Crippen LogP contribution in [0.5, 0.6) is 0 Å². The van der Waals surface area contributed by atoms with Gasteiger partial charge in [0.15, 0.2) is 0 Å². The van der Waals surface area contributed by atoms with Crippen molar-refractivity contribution in [1.82, 2.24) is 15.1 Å². The maximum atomic E-state index is 12.9. The number of alkyl halides is 3. The van der Waals surface area contributed by atoms with E-state index < -0.39 is 23.7 Å². The first-order valence-electron chi connectivity index (χ1n) is 8.45. The van der Waals surface area contributed by atoms with E-state index in [1.165, 1.54) is 12.3 Å². The van der Waals surface area contributed by atoms with Gasteiger partial charge in [0.25, 0.3) is 5.91 Å². The summed E-state index contributed by atoms with van der Waals surface area (Å²) < 4.78 is 40.3. The fraction of sp³-hybridized carbons (Fsp3) is 0.200. The van der Waals surface area contributed by atoms with E-state index in [9.17, 15) is 18.0 Å². The molecule has 0 aliphatic carbocycles. The topological polar surface area (TPSA) is 46.9 Å². The lowest BCUT2D eigenvalue weighted by Gasteiger charge is -2.16. The van der Waals surface area contributed by atoms with Crippen LogP contribution in [0.3, 0.4) is 0 Å². The molecular formula is C20H17ClF3N3O. The third kappa shape index (κ3) is 4.20. The molecular weight excluding hydrogens is 391 g/mol. The predicted octanol–water partition coefficient (Wildman–Crippen LogP) is 5.34. The smallest absolute Gasteiger partial charge is 0.345 e. The average Bonchev–Trinajstić information content (AvgIpc) is 3.03. The van der Waals surface area contributed by atoms with Crippen LogP contribution in [0, 0.1) is 6.92 Å². The number of amides is 1. The van der Waals surface area contributed by atoms with Crippen molar-refractivity contribution in [3.8, 4) is 5.69 Å². The van der Waals surface area contributed by atoms with Gasteiger partial charge < -0.3 is 5.32 Å². The lowest BCUT2D eigenvalue weighted by Crippen LogP contribution is -2.27. The maximum absolute atomic E-state index is 12.9. The number of carbonyl (C=O) groups is 1. The molecule has 1 amide bonds.